The number of rotatable bonds is 9. The molecule has 0 N–H and O–H groups in total. The van der Waals surface area contributed by atoms with Crippen LogP contribution in [0.1, 0.15) is 72.4 Å². The topological polar surface area (TPSA) is 52.6 Å². The maximum atomic E-state index is 12.9. The van der Waals surface area contributed by atoms with Gasteiger partial charge in [0.25, 0.3) is 0 Å². The minimum Gasteiger partial charge on any atom is -0.497 e. The molecule has 4 aromatic rings. The predicted molar refractivity (Wildman–Crippen MR) is 168 cm³/mol. The van der Waals surface area contributed by atoms with E-state index in [1.807, 2.05) is 36.4 Å². The van der Waals surface area contributed by atoms with Crippen molar-refractivity contribution in [3.05, 3.63) is 118 Å². The van der Waals surface area contributed by atoms with Gasteiger partial charge in [-0.25, -0.2) is 0 Å². The number of carbonyl (C=O) groups excluding carboxylic acids is 2. The van der Waals surface area contributed by atoms with Crippen molar-refractivity contribution >= 4 is 11.8 Å². The molecule has 0 saturated heterocycles. The maximum absolute atomic E-state index is 12.9. The van der Waals surface area contributed by atoms with Crippen molar-refractivity contribution in [2.24, 2.45) is 0 Å². The Bertz CT molecular complexity index is 1560. The molecular weight excluding hydrogens is 520 g/mol. The molecule has 0 amide bonds. The fraction of sp³-hybridized carbons (Fsp3) is 0.316. The van der Waals surface area contributed by atoms with Gasteiger partial charge in [-0.15, -0.1) is 0 Å². The first-order chi connectivity index (χ1) is 20.3. The highest BCUT2D eigenvalue weighted by Crippen LogP contribution is 2.45. The second kappa shape index (κ2) is 12.8. The van der Waals surface area contributed by atoms with Crippen LogP contribution >= 0.6 is 0 Å². The molecule has 0 atom stereocenters. The maximum Gasteiger partial charge on any atom is 0.315 e. The van der Waals surface area contributed by atoms with E-state index in [-0.39, 0.29) is 23.6 Å². The second-order valence-electron chi connectivity index (χ2n) is 11.7. The number of hydrogen-bond acceptors (Lipinski definition) is 4. The summed E-state index contributed by atoms with van der Waals surface area (Å²) in [4.78, 5) is 24.4. The Labute approximate surface area is 249 Å². The minimum atomic E-state index is -0.276. The average Bonchev–Trinajstić information content (AvgIpc) is 2.98. The minimum absolute atomic E-state index is 0.0293. The monoisotopic (exact) mass is 560 g/mol. The summed E-state index contributed by atoms with van der Waals surface area (Å²) in [6.07, 6.45) is 6.53. The van der Waals surface area contributed by atoms with E-state index in [0.717, 1.165) is 52.0 Å². The number of methoxy groups -OCH3 is 1. The zero-order valence-corrected chi connectivity index (χ0v) is 25.2. The first-order valence-corrected chi connectivity index (χ1v) is 14.9. The number of esters is 1. The Morgan fingerprint density at radius 1 is 0.667 bits per heavy atom. The first-order valence-electron chi connectivity index (χ1n) is 14.9. The standard InChI is InChI=1S/C38H40O4/c1-26-22-29(24-28(3)39)8-18-35(26)36-19-9-30(23-27(36)2)25-37(40)42-34-16-12-32(13-17-34)38(20-6-5-7-21-38)31-10-14-33(41-4)15-11-31/h8-19,22-23H,5-7,20-21,24-25H2,1-4H3. The van der Waals surface area contributed by atoms with E-state index >= 15 is 0 Å². The van der Waals surface area contributed by atoms with Gasteiger partial charge in [0.15, 0.2) is 0 Å². The number of Topliss-reactive ketones (excluding diaryl/α,β-unsaturated/α-hetero) is 1. The molecule has 1 aliphatic carbocycles. The SMILES string of the molecule is COc1ccc(C2(c3ccc(OC(=O)Cc4ccc(-c5ccc(CC(C)=O)cc5C)c(C)c4)cc3)CCCCC2)cc1. The molecule has 1 fully saturated rings. The number of carbonyl (C=O) groups is 2. The van der Waals surface area contributed by atoms with Crippen molar-refractivity contribution in [1.82, 2.24) is 0 Å². The third-order valence-corrected chi connectivity index (χ3v) is 8.66. The van der Waals surface area contributed by atoms with Gasteiger partial charge in [-0.1, -0.05) is 79.9 Å². The van der Waals surface area contributed by atoms with Crippen molar-refractivity contribution in [2.75, 3.05) is 7.11 Å². The lowest BCUT2D eigenvalue weighted by Crippen LogP contribution is -2.30. The van der Waals surface area contributed by atoms with Crippen LogP contribution in [0.4, 0.5) is 0 Å². The number of benzene rings is 4. The highest BCUT2D eigenvalue weighted by atomic mass is 16.5. The third kappa shape index (κ3) is 6.49. The Morgan fingerprint density at radius 3 is 1.64 bits per heavy atom. The highest BCUT2D eigenvalue weighted by molar-refractivity contribution is 5.79. The van der Waals surface area contributed by atoms with Crippen LogP contribution in [0.25, 0.3) is 11.1 Å². The van der Waals surface area contributed by atoms with Crippen molar-refractivity contribution in [3.8, 4) is 22.6 Å². The predicted octanol–water partition coefficient (Wildman–Crippen LogP) is 8.51. The lowest BCUT2D eigenvalue weighted by molar-refractivity contribution is -0.133. The van der Waals surface area contributed by atoms with Gasteiger partial charge in [-0.3, -0.25) is 9.59 Å². The van der Waals surface area contributed by atoms with E-state index in [0.29, 0.717) is 12.2 Å². The molecule has 0 spiro atoms. The van der Waals surface area contributed by atoms with Crippen LogP contribution in [0.5, 0.6) is 11.5 Å². The van der Waals surface area contributed by atoms with E-state index in [1.165, 1.54) is 30.4 Å². The van der Waals surface area contributed by atoms with Gasteiger partial charge in [0.1, 0.15) is 17.3 Å². The second-order valence-corrected chi connectivity index (χ2v) is 11.7. The quantitative estimate of drug-likeness (QED) is 0.152. The molecule has 0 radical (unpaired) electrons. The summed E-state index contributed by atoms with van der Waals surface area (Å²) >= 11 is 0. The van der Waals surface area contributed by atoms with Gasteiger partial charge in [0, 0.05) is 11.8 Å². The summed E-state index contributed by atoms with van der Waals surface area (Å²) in [6, 6.07) is 28.9. The summed E-state index contributed by atoms with van der Waals surface area (Å²) in [7, 11) is 1.70. The smallest absolute Gasteiger partial charge is 0.315 e. The largest absolute Gasteiger partial charge is 0.497 e. The van der Waals surface area contributed by atoms with Gasteiger partial charge < -0.3 is 9.47 Å². The van der Waals surface area contributed by atoms with Crippen LogP contribution in [0.15, 0.2) is 84.9 Å². The number of aryl methyl sites for hydroxylation is 2. The Morgan fingerprint density at radius 2 is 1.17 bits per heavy atom. The number of hydrogen-bond donors (Lipinski definition) is 0. The summed E-state index contributed by atoms with van der Waals surface area (Å²) in [5.74, 6) is 1.32. The molecule has 5 rings (SSSR count). The van der Waals surface area contributed by atoms with Gasteiger partial charge in [-0.05, 0) is 102 Å². The normalized spacial score (nSPS) is 14.3. The van der Waals surface area contributed by atoms with E-state index < -0.39 is 0 Å². The Balaban J connectivity index is 1.27. The summed E-state index contributed by atoms with van der Waals surface area (Å²) in [5.41, 5.74) is 9.00. The molecule has 0 bridgehead atoms. The first kappa shape index (κ1) is 29.3. The number of ether oxygens (including phenoxy) is 2. The molecule has 4 heteroatoms. The van der Waals surface area contributed by atoms with Crippen LogP contribution < -0.4 is 9.47 Å². The van der Waals surface area contributed by atoms with Crippen LogP contribution in [-0.2, 0) is 27.8 Å². The molecule has 4 nitrogen and oxygen atoms in total. The van der Waals surface area contributed by atoms with E-state index in [9.17, 15) is 9.59 Å². The molecule has 42 heavy (non-hydrogen) atoms. The highest BCUT2D eigenvalue weighted by Gasteiger charge is 2.35. The molecular formula is C38H40O4. The van der Waals surface area contributed by atoms with Gasteiger partial charge in [0.2, 0.25) is 0 Å². The molecule has 1 aliphatic rings. The molecule has 0 aliphatic heterocycles. The average molecular weight is 561 g/mol. The van der Waals surface area contributed by atoms with E-state index in [1.54, 1.807) is 14.0 Å². The molecule has 0 heterocycles. The molecule has 0 aromatic heterocycles. The summed E-state index contributed by atoms with van der Waals surface area (Å²) in [5, 5.41) is 0. The number of ketones is 1. The lowest BCUT2D eigenvalue weighted by atomic mass is 9.65. The van der Waals surface area contributed by atoms with Gasteiger partial charge in [-0.2, -0.15) is 0 Å². The molecule has 4 aromatic carbocycles. The van der Waals surface area contributed by atoms with Crippen molar-refractivity contribution in [1.29, 1.82) is 0 Å². The fourth-order valence-corrected chi connectivity index (χ4v) is 6.55. The molecule has 216 valence electrons. The van der Waals surface area contributed by atoms with Crippen LogP contribution in [0, 0.1) is 13.8 Å². The van der Waals surface area contributed by atoms with Gasteiger partial charge >= 0.3 is 5.97 Å². The van der Waals surface area contributed by atoms with Crippen LogP contribution in [0.3, 0.4) is 0 Å². The lowest BCUT2D eigenvalue weighted by Gasteiger charge is -2.38. The fourth-order valence-electron chi connectivity index (χ4n) is 6.55. The molecule has 0 unspecified atom stereocenters. The van der Waals surface area contributed by atoms with Crippen LogP contribution in [-0.4, -0.2) is 18.9 Å². The Kier molecular flexibility index (Phi) is 8.91. The summed E-state index contributed by atoms with van der Waals surface area (Å²) in [6.45, 7) is 5.75. The third-order valence-electron chi connectivity index (χ3n) is 8.66. The zero-order chi connectivity index (χ0) is 29.7. The summed E-state index contributed by atoms with van der Waals surface area (Å²) < 4.78 is 11.1. The van der Waals surface area contributed by atoms with E-state index in [4.69, 9.17) is 9.47 Å². The van der Waals surface area contributed by atoms with Gasteiger partial charge in [0.05, 0.1) is 13.5 Å². The van der Waals surface area contributed by atoms with Crippen molar-refractivity contribution in [2.45, 2.75) is 71.1 Å². The van der Waals surface area contributed by atoms with Crippen LogP contribution in [0.2, 0.25) is 0 Å². The molecule has 1 saturated carbocycles. The zero-order valence-electron chi connectivity index (χ0n) is 25.2. The van der Waals surface area contributed by atoms with Crippen molar-refractivity contribution in [3.63, 3.8) is 0 Å². The van der Waals surface area contributed by atoms with Crippen molar-refractivity contribution < 1.29 is 19.1 Å². The Hall–Kier alpha value is -4.18. The van der Waals surface area contributed by atoms with E-state index in [2.05, 4.69) is 62.4 Å².